The molecule has 3 N–H and O–H groups in total. The predicted molar refractivity (Wildman–Crippen MR) is 110 cm³/mol. The maximum absolute atomic E-state index is 10.6. The summed E-state index contributed by atoms with van der Waals surface area (Å²) in [6.45, 7) is 7.86. The van der Waals surface area contributed by atoms with Gasteiger partial charge in [0.15, 0.2) is 18.2 Å². The number of methoxy groups -OCH3 is 1. The predicted octanol–water partition coefficient (Wildman–Crippen LogP) is 3.03. The molecule has 1 unspecified atom stereocenters. The van der Waals surface area contributed by atoms with Gasteiger partial charge in [-0.2, -0.15) is 0 Å². The number of aliphatic hydroxyl groups excluding tert-OH is 1. The molecule has 2 aromatic rings. The molecule has 1 spiro atoms. The van der Waals surface area contributed by atoms with Gasteiger partial charge < -0.3 is 24.6 Å². The van der Waals surface area contributed by atoms with E-state index in [2.05, 4.69) is 20.6 Å². The molecule has 4 rings (SSSR count). The number of anilines is 1. The molecule has 0 aromatic heterocycles. The summed E-state index contributed by atoms with van der Waals surface area (Å²) in [6.07, 6.45) is 3.80. The number of fused-ring (bicyclic) bond motifs is 2. The number of rotatable bonds is 4. The number of aliphatic hydroxyl groups is 1. The van der Waals surface area contributed by atoms with Crippen molar-refractivity contribution in [1.29, 1.82) is 0 Å². The Kier molecular flexibility index (Phi) is 4.24. The Morgan fingerprint density at radius 2 is 2.00 bits per heavy atom. The SMILES string of the molecule is C=[N+](O)c1cc(O)c2c(c1)C=CC1(O2)N(CCO)c2ccc(OC)cc2C1(C)C. The van der Waals surface area contributed by atoms with Gasteiger partial charge in [0, 0.05) is 28.6 Å². The number of nitrogens with zero attached hydrogens (tertiary/aromatic N) is 2. The van der Waals surface area contributed by atoms with Gasteiger partial charge in [-0.15, -0.1) is 0 Å². The van der Waals surface area contributed by atoms with E-state index >= 15 is 0 Å². The fourth-order valence-electron chi connectivity index (χ4n) is 4.35. The quantitative estimate of drug-likeness (QED) is 0.318. The first kappa shape index (κ1) is 19.1. The normalized spacial score (nSPS) is 20.9. The lowest BCUT2D eigenvalue weighted by atomic mass is 9.76. The van der Waals surface area contributed by atoms with Crippen molar-refractivity contribution in [2.45, 2.75) is 25.0 Å². The van der Waals surface area contributed by atoms with E-state index in [-0.39, 0.29) is 12.4 Å². The number of aromatic hydroxyl groups is 1. The molecule has 0 saturated carbocycles. The molecule has 2 aliphatic rings. The third kappa shape index (κ3) is 2.57. The summed E-state index contributed by atoms with van der Waals surface area (Å²) in [7, 11) is 1.63. The Morgan fingerprint density at radius 1 is 1.24 bits per heavy atom. The molecule has 7 nitrogen and oxygen atoms in total. The molecular weight excluding hydrogens is 372 g/mol. The van der Waals surface area contributed by atoms with Crippen molar-refractivity contribution >= 4 is 24.2 Å². The second kappa shape index (κ2) is 6.42. The number of benzene rings is 2. The molecule has 0 bridgehead atoms. The van der Waals surface area contributed by atoms with E-state index in [0.717, 1.165) is 17.0 Å². The zero-order valence-corrected chi connectivity index (χ0v) is 16.7. The Hall–Kier alpha value is -3.19. The van der Waals surface area contributed by atoms with Gasteiger partial charge in [-0.25, -0.2) is 0 Å². The van der Waals surface area contributed by atoms with Gasteiger partial charge >= 0.3 is 0 Å². The molecular formula is C22H25N2O5+. The van der Waals surface area contributed by atoms with Crippen molar-refractivity contribution in [1.82, 2.24) is 0 Å². The van der Waals surface area contributed by atoms with Crippen LogP contribution in [0.2, 0.25) is 0 Å². The molecule has 1 atom stereocenters. The molecule has 0 fully saturated rings. The van der Waals surface area contributed by atoms with E-state index in [0.29, 0.717) is 28.3 Å². The van der Waals surface area contributed by atoms with Crippen molar-refractivity contribution in [3.8, 4) is 17.2 Å². The number of ether oxygens (including phenoxy) is 2. The van der Waals surface area contributed by atoms with E-state index in [9.17, 15) is 15.4 Å². The van der Waals surface area contributed by atoms with Crippen LogP contribution in [0.15, 0.2) is 36.4 Å². The lowest BCUT2D eigenvalue weighted by Gasteiger charge is -2.47. The first-order valence-electron chi connectivity index (χ1n) is 9.37. The molecule has 0 aliphatic carbocycles. The number of phenolic OH excluding ortho intramolecular Hbond substituents is 1. The van der Waals surface area contributed by atoms with E-state index in [1.54, 1.807) is 13.2 Å². The molecule has 2 aliphatic heterocycles. The number of hydrogen-bond acceptors (Lipinski definition) is 6. The highest BCUT2D eigenvalue weighted by Crippen LogP contribution is 2.56. The van der Waals surface area contributed by atoms with Gasteiger partial charge in [-0.1, -0.05) is 0 Å². The minimum atomic E-state index is -0.959. The van der Waals surface area contributed by atoms with Crippen molar-refractivity contribution in [2.75, 3.05) is 25.2 Å². The zero-order valence-electron chi connectivity index (χ0n) is 16.7. The molecule has 2 aromatic carbocycles. The summed E-state index contributed by atoms with van der Waals surface area (Å²) in [5.41, 5.74) is 1.45. The van der Waals surface area contributed by atoms with Gasteiger partial charge in [0.25, 0.3) is 5.69 Å². The lowest BCUT2D eigenvalue weighted by molar-refractivity contribution is -0.706. The van der Waals surface area contributed by atoms with Gasteiger partial charge in [0.1, 0.15) is 5.75 Å². The topological polar surface area (TPSA) is 85.4 Å². The van der Waals surface area contributed by atoms with Crippen LogP contribution in [-0.2, 0) is 5.41 Å². The maximum atomic E-state index is 10.6. The van der Waals surface area contributed by atoms with Crippen LogP contribution in [-0.4, -0.2) is 52.9 Å². The monoisotopic (exact) mass is 397 g/mol. The molecule has 2 heterocycles. The summed E-state index contributed by atoms with van der Waals surface area (Å²) < 4.78 is 12.6. The van der Waals surface area contributed by atoms with Gasteiger partial charge in [0.2, 0.25) is 5.72 Å². The molecule has 0 amide bonds. The molecule has 0 saturated heterocycles. The summed E-state index contributed by atoms with van der Waals surface area (Å²) in [5, 5.41) is 30.0. The average Bonchev–Trinajstić information content (AvgIpc) is 2.87. The molecule has 152 valence electrons. The van der Waals surface area contributed by atoms with E-state index < -0.39 is 11.1 Å². The second-order valence-electron chi connectivity index (χ2n) is 7.80. The van der Waals surface area contributed by atoms with Crippen LogP contribution >= 0.6 is 0 Å². The smallest absolute Gasteiger partial charge is 0.261 e. The average molecular weight is 397 g/mol. The minimum absolute atomic E-state index is 0.0563. The second-order valence-corrected chi connectivity index (χ2v) is 7.80. The molecule has 29 heavy (non-hydrogen) atoms. The fraction of sp³-hybridized carbons (Fsp3) is 0.318. The van der Waals surface area contributed by atoms with Crippen LogP contribution in [0.5, 0.6) is 17.2 Å². The van der Waals surface area contributed by atoms with Crippen LogP contribution in [0.3, 0.4) is 0 Å². The lowest BCUT2D eigenvalue weighted by Crippen LogP contribution is -2.60. The van der Waals surface area contributed by atoms with Crippen molar-refractivity contribution < 1.29 is 29.6 Å². The van der Waals surface area contributed by atoms with E-state index in [4.69, 9.17) is 9.47 Å². The van der Waals surface area contributed by atoms with Crippen molar-refractivity contribution in [3.05, 3.63) is 47.5 Å². The Balaban J connectivity index is 1.89. The molecule has 0 radical (unpaired) electrons. The third-order valence-corrected chi connectivity index (χ3v) is 5.92. The van der Waals surface area contributed by atoms with Crippen LogP contribution in [0, 0.1) is 0 Å². The first-order chi connectivity index (χ1) is 13.7. The van der Waals surface area contributed by atoms with Gasteiger partial charge in [-0.3, -0.25) is 5.21 Å². The summed E-state index contributed by atoms with van der Waals surface area (Å²) in [6, 6.07) is 8.90. The van der Waals surface area contributed by atoms with Crippen LogP contribution in [0.1, 0.15) is 25.0 Å². The van der Waals surface area contributed by atoms with Gasteiger partial charge in [0.05, 0.1) is 25.2 Å². The van der Waals surface area contributed by atoms with Crippen molar-refractivity contribution in [2.24, 2.45) is 0 Å². The largest absolute Gasteiger partial charge is 0.504 e. The Bertz CT molecular complexity index is 1030. The Labute approximate surface area is 169 Å². The first-order valence-corrected chi connectivity index (χ1v) is 9.37. The number of phenols is 1. The highest BCUT2D eigenvalue weighted by Gasteiger charge is 2.59. The van der Waals surface area contributed by atoms with Crippen LogP contribution in [0.25, 0.3) is 6.08 Å². The van der Waals surface area contributed by atoms with Gasteiger partial charge in [-0.05, 0) is 49.8 Å². The minimum Gasteiger partial charge on any atom is -0.504 e. The van der Waals surface area contributed by atoms with E-state index in [1.165, 1.54) is 6.07 Å². The summed E-state index contributed by atoms with van der Waals surface area (Å²) in [4.78, 5) is 2.01. The highest BCUT2D eigenvalue weighted by molar-refractivity contribution is 5.75. The summed E-state index contributed by atoms with van der Waals surface area (Å²) in [5.74, 6) is 0.954. The Morgan fingerprint density at radius 3 is 2.66 bits per heavy atom. The van der Waals surface area contributed by atoms with Crippen molar-refractivity contribution in [3.63, 3.8) is 0 Å². The highest BCUT2D eigenvalue weighted by atomic mass is 16.5. The van der Waals surface area contributed by atoms with Crippen LogP contribution in [0.4, 0.5) is 11.4 Å². The molecule has 7 heteroatoms. The number of hydrogen-bond donors (Lipinski definition) is 3. The van der Waals surface area contributed by atoms with Crippen LogP contribution < -0.4 is 14.4 Å². The summed E-state index contributed by atoms with van der Waals surface area (Å²) >= 11 is 0. The third-order valence-electron chi connectivity index (χ3n) is 5.92. The zero-order chi connectivity index (χ0) is 21.0. The number of β-amino-alcohol motifs (C(OH)–C–C–N with tert-alkyl or cyclic N) is 1. The fourth-order valence-corrected chi connectivity index (χ4v) is 4.35. The maximum Gasteiger partial charge on any atom is 0.261 e. The standard InChI is InChI=1S/C22H24N2O5/c1-21(2)17-13-16(28-4)5-6-18(17)24(9-10-25)22(21)8-7-14-11-15(23(3)27)12-19(26)20(14)29-22/h5-8,11-13,25H,3,9-10H2,1-2,4H3,(H-,26,27)/p+1. The van der Waals surface area contributed by atoms with E-state index in [1.807, 2.05) is 35.3 Å².